The molecule has 2 aromatic heterocycles. The van der Waals surface area contributed by atoms with Crippen LogP contribution in [0.2, 0.25) is 5.02 Å². The molecule has 0 bridgehead atoms. The summed E-state index contributed by atoms with van der Waals surface area (Å²) in [6.07, 6.45) is 4.47. The third-order valence-corrected chi connectivity index (χ3v) is 5.83. The lowest BCUT2D eigenvalue weighted by Gasteiger charge is -2.29. The van der Waals surface area contributed by atoms with E-state index in [1.165, 1.54) is 6.07 Å². The number of anilines is 3. The van der Waals surface area contributed by atoms with Crippen LogP contribution in [0.3, 0.4) is 0 Å². The summed E-state index contributed by atoms with van der Waals surface area (Å²) in [6, 6.07) is 4.68. The lowest BCUT2D eigenvalue weighted by atomic mass is 9.85. The van der Waals surface area contributed by atoms with Crippen LogP contribution in [-0.4, -0.2) is 31.5 Å². The number of benzene rings is 1. The van der Waals surface area contributed by atoms with E-state index in [2.05, 4.69) is 25.6 Å². The van der Waals surface area contributed by atoms with Crippen LogP contribution in [0.4, 0.5) is 22.0 Å². The van der Waals surface area contributed by atoms with E-state index in [0.29, 0.717) is 35.9 Å². The third-order valence-electron chi connectivity index (χ3n) is 5.51. The van der Waals surface area contributed by atoms with Gasteiger partial charge in [-0.3, -0.25) is 9.36 Å². The van der Waals surface area contributed by atoms with Crippen LogP contribution in [0.25, 0.3) is 11.2 Å². The summed E-state index contributed by atoms with van der Waals surface area (Å²) >= 11 is 6.22. The molecule has 0 radical (unpaired) electrons. The molecule has 4 rings (SSSR count). The number of nitrogens with one attached hydrogen (secondary N) is 2. The van der Waals surface area contributed by atoms with E-state index in [4.69, 9.17) is 17.3 Å². The van der Waals surface area contributed by atoms with Gasteiger partial charge in [0.15, 0.2) is 5.65 Å². The fourth-order valence-corrected chi connectivity index (χ4v) is 4.21. The summed E-state index contributed by atoms with van der Waals surface area (Å²) in [5.74, 6) is 0.0506. The maximum atomic E-state index is 14.4. The van der Waals surface area contributed by atoms with Gasteiger partial charge in [0, 0.05) is 18.0 Å². The summed E-state index contributed by atoms with van der Waals surface area (Å²) in [4.78, 5) is 25.2. The number of carbonyl (C=O) groups excluding carboxylic acids is 1. The van der Waals surface area contributed by atoms with Gasteiger partial charge in [-0.25, -0.2) is 14.4 Å². The molecule has 1 fully saturated rings. The van der Waals surface area contributed by atoms with Crippen molar-refractivity contribution in [3.63, 3.8) is 0 Å². The number of aromatic nitrogens is 4. The zero-order valence-electron chi connectivity index (χ0n) is 17.4. The van der Waals surface area contributed by atoms with E-state index in [1.807, 2.05) is 18.4 Å². The van der Waals surface area contributed by atoms with E-state index in [0.717, 1.165) is 12.8 Å². The average molecular weight is 446 g/mol. The average Bonchev–Trinajstić information content (AvgIpc) is 3.07. The highest BCUT2D eigenvalue weighted by Gasteiger charge is 2.29. The van der Waals surface area contributed by atoms with Gasteiger partial charge in [-0.05, 0) is 51.7 Å². The molecule has 0 unspecified atom stereocenters. The number of rotatable bonds is 6. The Morgan fingerprint density at radius 2 is 2.00 bits per heavy atom. The van der Waals surface area contributed by atoms with Crippen LogP contribution < -0.4 is 16.4 Å². The van der Waals surface area contributed by atoms with Crippen molar-refractivity contribution < 1.29 is 9.18 Å². The van der Waals surface area contributed by atoms with Crippen molar-refractivity contribution in [1.29, 1.82) is 0 Å². The summed E-state index contributed by atoms with van der Waals surface area (Å²) in [6.45, 7) is 4.01. The Morgan fingerprint density at radius 3 is 2.65 bits per heavy atom. The van der Waals surface area contributed by atoms with Crippen molar-refractivity contribution in [2.24, 2.45) is 11.7 Å². The molecule has 0 atom stereocenters. The molecule has 10 heteroatoms. The lowest BCUT2D eigenvalue weighted by molar-refractivity contribution is -0.122. The first kappa shape index (κ1) is 21.3. The van der Waals surface area contributed by atoms with Crippen LogP contribution >= 0.6 is 11.6 Å². The van der Waals surface area contributed by atoms with Gasteiger partial charge in [0.05, 0.1) is 16.9 Å². The molecule has 1 aromatic carbocycles. The molecule has 1 aliphatic carbocycles. The second-order valence-corrected chi connectivity index (χ2v) is 8.54. The van der Waals surface area contributed by atoms with Crippen molar-refractivity contribution in [3.8, 4) is 0 Å². The standard InChI is InChI=1S/C21H25ClFN7O/c1-11(2)26-20-25-10-16-19(29-20)30(13-8-6-12(7-9-13)18(24)31)21(27-16)28-17-14(22)4-3-5-15(17)23/h3-5,10-13H,6-9H2,1-2H3,(H2,24,31)(H,27,28)(H,25,26,29)/t12-,13-. The van der Waals surface area contributed by atoms with Crippen LogP contribution in [0.5, 0.6) is 0 Å². The number of imidazole rings is 1. The molecular formula is C21H25ClFN7O. The van der Waals surface area contributed by atoms with Gasteiger partial charge in [-0.1, -0.05) is 17.7 Å². The molecule has 1 saturated carbocycles. The molecule has 2 heterocycles. The molecule has 0 saturated heterocycles. The normalized spacial score (nSPS) is 19.0. The second-order valence-electron chi connectivity index (χ2n) is 8.14. The highest BCUT2D eigenvalue weighted by Crippen LogP contribution is 2.38. The Bertz CT molecular complexity index is 1090. The van der Waals surface area contributed by atoms with Crippen LogP contribution in [0.15, 0.2) is 24.4 Å². The summed E-state index contributed by atoms with van der Waals surface area (Å²) < 4.78 is 16.4. The Hall–Kier alpha value is -2.94. The minimum Gasteiger partial charge on any atom is -0.369 e. The predicted octanol–water partition coefficient (Wildman–Crippen LogP) is 4.40. The number of primary amides is 1. The molecule has 3 aromatic rings. The number of hydrogen-bond acceptors (Lipinski definition) is 6. The van der Waals surface area contributed by atoms with Crippen molar-refractivity contribution in [1.82, 2.24) is 19.5 Å². The van der Waals surface area contributed by atoms with Gasteiger partial charge < -0.3 is 16.4 Å². The van der Waals surface area contributed by atoms with E-state index < -0.39 is 5.82 Å². The van der Waals surface area contributed by atoms with Crippen molar-refractivity contribution >= 4 is 46.3 Å². The van der Waals surface area contributed by atoms with E-state index >= 15 is 0 Å². The number of para-hydroxylation sites is 1. The first-order valence-corrected chi connectivity index (χ1v) is 10.7. The molecule has 1 amide bonds. The highest BCUT2D eigenvalue weighted by molar-refractivity contribution is 6.33. The molecular weight excluding hydrogens is 421 g/mol. The van der Waals surface area contributed by atoms with Crippen LogP contribution in [0, 0.1) is 11.7 Å². The molecule has 0 spiro atoms. The number of nitrogens with zero attached hydrogens (tertiary/aromatic N) is 4. The number of carbonyl (C=O) groups is 1. The smallest absolute Gasteiger partial charge is 0.224 e. The Balaban J connectivity index is 1.77. The minimum absolute atomic E-state index is 0.0236. The van der Waals surface area contributed by atoms with Crippen LogP contribution in [0.1, 0.15) is 45.6 Å². The minimum atomic E-state index is -0.475. The summed E-state index contributed by atoms with van der Waals surface area (Å²) in [5.41, 5.74) is 6.87. The van der Waals surface area contributed by atoms with Gasteiger partial charge in [-0.15, -0.1) is 0 Å². The van der Waals surface area contributed by atoms with E-state index in [-0.39, 0.29) is 34.6 Å². The fourth-order valence-electron chi connectivity index (χ4n) is 4.00. The largest absolute Gasteiger partial charge is 0.369 e. The molecule has 0 aliphatic heterocycles. The molecule has 1 aliphatic rings. The first-order chi connectivity index (χ1) is 14.8. The lowest BCUT2D eigenvalue weighted by Crippen LogP contribution is -2.28. The third kappa shape index (κ3) is 4.41. The van der Waals surface area contributed by atoms with Gasteiger partial charge >= 0.3 is 0 Å². The topological polar surface area (TPSA) is 111 Å². The maximum absolute atomic E-state index is 14.4. The fraction of sp³-hybridized carbons (Fsp3) is 0.429. The molecule has 4 N–H and O–H groups in total. The highest BCUT2D eigenvalue weighted by atomic mass is 35.5. The second kappa shape index (κ2) is 8.66. The number of hydrogen-bond donors (Lipinski definition) is 3. The first-order valence-electron chi connectivity index (χ1n) is 10.4. The van der Waals surface area contributed by atoms with Gasteiger partial charge in [0.25, 0.3) is 0 Å². The quantitative estimate of drug-likeness (QED) is 0.518. The Morgan fingerprint density at radius 1 is 1.26 bits per heavy atom. The van der Waals surface area contributed by atoms with Gasteiger partial charge in [0.2, 0.25) is 17.8 Å². The summed E-state index contributed by atoms with van der Waals surface area (Å²) in [5, 5.41) is 6.51. The zero-order valence-corrected chi connectivity index (χ0v) is 18.2. The molecule has 8 nitrogen and oxygen atoms in total. The maximum Gasteiger partial charge on any atom is 0.224 e. The van der Waals surface area contributed by atoms with Crippen molar-refractivity contribution in [2.45, 2.75) is 51.6 Å². The monoisotopic (exact) mass is 445 g/mol. The van der Waals surface area contributed by atoms with Gasteiger partial charge in [0.1, 0.15) is 11.3 Å². The zero-order chi connectivity index (χ0) is 22.1. The van der Waals surface area contributed by atoms with E-state index in [9.17, 15) is 9.18 Å². The van der Waals surface area contributed by atoms with Crippen molar-refractivity contribution in [2.75, 3.05) is 10.6 Å². The molecule has 164 valence electrons. The number of fused-ring (bicyclic) bond motifs is 1. The predicted molar refractivity (Wildman–Crippen MR) is 119 cm³/mol. The van der Waals surface area contributed by atoms with Gasteiger partial charge in [-0.2, -0.15) is 4.98 Å². The SMILES string of the molecule is CC(C)Nc1ncc2nc(Nc3c(F)cccc3Cl)n([C@H]3CC[C@H](C(N)=O)CC3)c2n1. The Kier molecular flexibility index (Phi) is 5.95. The number of nitrogens with two attached hydrogens (primary N) is 1. The number of halogens is 2. The summed E-state index contributed by atoms with van der Waals surface area (Å²) in [7, 11) is 0. The van der Waals surface area contributed by atoms with Crippen LogP contribution in [-0.2, 0) is 4.79 Å². The van der Waals surface area contributed by atoms with Crippen molar-refractivity contribution in [3.05, 3.63) is 35.2 Å². The molecule has 31 heavy (non-hydrogen) atoms. The Labute approximate surface area is 184 Å². The number of amides is 1. The van der Waals surface area contributed by atoms with E-state index in [1.54, 1.807) is 18.3 Å².